The van der Waals surface area contributed by atoms with Crippen LogP contribution in [0.5, 0.6) is 0 Å². The summed E-state index contributed by atoms with van der Waals surface area (Å²) < 4.78 is 7.75. The van der Waals surface area contributed by atoms with Crippen LogP contribution >= 0.6 is 24.8 Å². The van der Waals surface area contributed by atoms with Crippen LogP contribution in [0.2, 0.25) is 0 Å². The Morgan fingerprint density at radius 2 is 1.17 bits per heavy atom. The Balaban J connectivity index is -0.000000000500. The van der Waals surface area contributed by atoms with Crippen LogP contribution in [0.1, 0.15) is 1.43 Å². The molecule has 2 nitrogen and oxygen atoms in total. The van der Waals surface area contributed by atoms with Gasteiger partial charge in [-0.25, -0.2) is 0 Å². The van der Waals surface area contributed by atoms with E-state index in [1.807, 2.05) is 0 Å². The summed E-state index contributed by atoms with van der Waals surface area (Å²) in [6.45, 7) is 0. The molecule has 0 spiro atoms. The van der Waals surface area contributed by atoms with Crippen molar-refractivity contribution in [1.29, 1.82) is 0 Å². The third kappa shape index (κ3) is 36.8. The van der Waals surface area contributed by atoms with Crippen molar-refractivity contribution >= 4 is 32.5 Å². The zero-order chi connectivity index (χ0) is 2.00. The first-order valence-corrected chi connectivity index (χ1v) is 0.236. The number of rotatable bonds is 0. The molecule has 0 aliphatic carbocycles. The van der Waals surface area contributed by atoms with E-state index in [4.69, 9.17) is 4.70 Å². The van der Waals surface area contributed by atoms with Crippen molar-refractivity contribution < 1.29 is 57.5 Å². The van der Waals surface area contributed by atoms with Crippen LogP contribution in [-0.2, 0) is 4.70 Å². The average Bonchev–Trinajstić information content (AvgIpc) is 1.00. The molecule has 0 fully saturated rings. The molecule has 1 radical (unpaired) electrons. The van der Waals surface area contributed by atoms with Crippen LogP contribution in [0.25, 0.3) is 0 Å². The van der Waals surface area contributed by atoms with Gasteiger partial charge in [0, 0.05) is 0 Å². The van der Waals surface area contributed by atoms with Crippen molar-refractivity contribution in [1.82, 2.24) is 6.15 Å². The molecule has 0 aliphatic heterocycles. The number of hydrogen-bond donors (Lipinski definition) is 1. The Labute approximate surface area is 94.6 Å². The molecule has 0 amide bonds. The summed E-state index contributed by atoms with van der Waals surface area (Å²) in [5.41, 5.74) is 0. The summed E-state index contributed by atoms with van der Waals surface area (Å²) in [6, 6.07) is 0. The molecule has 0 aromatic carbocycles. The maximum Gasteiger partial charge on any atom is 1.00 e. The standard InChI is InChI=1S/BO.2ClH.K.H3N.H/c1-2;;;;;/h;2*1H;;1H3;/q;;;+1;;-1. The Morgan fingerprint density at radius 3 is 1.17 bits per heavy atom. The maximum atomic E-state index is 7.75. The molecule has 0 aromatic heterocycles. The van der Waals surface area contributed by atoms with Gasteiger partial charge in [0.25, 0.3) is 0 Å². The molecular weight excluding hydrogens is 151 g/mol. The number of halogens is 2. The summed E-state index contributed by atoms with van der Waals surface area (Å²) in [4.78, 5) is 0. The zero-order valence-corrected chi connectivity index (χ0v) is 8.27. The van der Waals surface area contributed by atoms with Gasteiger partial charge in [0.15, 0.2) is 0 Å². The first-order valence-electron chi connectivity index (χ1n) is 0.236. The fourth-order valence-electron chi connectivity index (χ4n) is 0. The molecule has 0 bridgehead atoms. The first kappa shape index (κ1) is 43.1. The van der Waals surface area contributed by atoms with Crippen molar-refractivity contribution in [2.75, 3.05) is 0 Å². The van der Waals surface area contributed by atoms with Gasteiger partial charge in [0.2, 0.25) is 0 Å². The van der Waals surface area contributed by atoms with Gasteiger partial charge in [-0.1, -0.05) is 0 Å². The topological polar surface area (TPSA) is 52.1 Å². The molecule has 0 aromatic rings. The molecule has 6 heteroatoms. The maximum absolute atomic E-state index is 7.75. The van der Waals surface area contributed by atoms with Gasteiger partial charge in [-0.05, 0) is 0 Å². The number of hydrogen-bond acceptors (Lipinski definition) is 2. The SMILES string of the molecule is Cl.Cl.N.[B]=O.[H-].[K+]. The Morgan fingerprint density at radius 1 is 1.17 bits per heavy atom. The van der Waals surface area contributed by atoms with Crippen LogP contribution < -0.4 is 57.5 Å². The monoisotopic (exact) mass is 156 g/mol. The van der Waals surface area contributed by atoms with Crippen LogP contribution in [-0.4, -0.2) is 7.72 Å². The van der Waals surface area contributed by atoms with Crippen molar-refractivity contribution in [3.05, 3.63) is 0 Å². The van der Waals surface area contributed by atoms with Crippen LogP contribution in [0.15, 0.2) is 0 Å². The van der Waals surface area contributed by atoms with E-state index in [0.717, 1.165) is 0 Å². The minimum atomic E-state index is 0. The molecule has 0 rings (SSSR count). The molecule has 0 heterocycles. The molecular formula is H6BCl2KNO. The third-order valence-electron chi connectivity index (χ3n) is 0. The minimum absolute atomic E-state index is 0. The molecule has 35 valence electrons. The predicted molar refractivity (Wildman–Crippen MR) is 27.1 cm³/mol. The van der Waals surface area contributed by atoms with Crippen LogP contribution in [0.3, 0.4) is 0 Å². The van der Waals surface area contributed by atoms with E-state index in [9.17, 15) is 0 Å². The molecule has 0 unspecified atom stereocenters. The van der Waals surface area contributed by atoms with E-state index in [1.165, 1.54) is 0 Å². The molecule has 6 heavy (non-hydrogen) atoms. The quantitative estimate of drug-likeness (QED) is 0.399. The van der Waals surface area contributed by atoms with Crippen molar-refractivity contribution in [3.63, 3.8) is 0 Å². The van der Waals surface area contributed by atoms with E-state index in [2.05, 4.69) is 7.72 Å². The third-order valence-corrected chi connectivity index (χ3v) is 0. The molecule has 0 saturated heterocycles. The van der Waals surface area contributed by atoms with Gasteiger partial charge in [0.05, 0.1) is 0 Å². The van der Waals surface area contributed by atoms with E-state index in [-0.39, 0.29) is 83.8 Å². The smallest absolute Gasteiger partial charge is 1.00 e. The van der Waals surface area contributed by atoms with Crippen LogP contribution in [0, 0.1) is 0 Å². The van der Waals surface area contributed by atoms with Gasteiger partial charge in [-0.15, -0.1) is 24.8 Å². The van der Waals surface area contributed by atoms with Gasteiger partial charge in [-0.3, -0.25) is 0 Å². The minimum Gasteiger partial charge on any atom is -1.00 e. The van der Waals surface area contributed by atoms with Gasteiger partial charge in [0.1, 0.15) is 0 Å². The molecule has 0 aliphatic rings. The summed E-state index contributed by atoms with van der Waals surface area (Å²) in [5, 5.41) is 0. The fraction of sp³-hybridized carbons (Fsp3) is 0. The second-order valence-corrected chi connectivity index (χ2v) is 0. The van der Waals surface area contributed by atoms with E-state index in [0.29, 0.717) is 0 Å². The molecule has 3 N–H and O–H groups in total. The van der Waals surface area contributed by atoms with Gasteiger partial charge < -0.3 is 7.58 Å². The van der Waals surface area contributed by atoms with Crippen molar-refractivity contribution in [2.24, 2.45) is 0 Å². The zero-order valence-electron chi connectivity index (χ0n) is 4.51. The summed E-state index contributed by atoms with van der Waals surface area (Å²) in [7, 11) is 3.25. The second-order valence-electron chi connectivity index (χ2n) is 0. The Hall–Kier alpha value is 2.04. The van der Waals surface area contributed by atoms with Gasteiger partial charge in [-0.2, -0.15) is 0 Å². The summed E-state index contributed by atoms with van der Waals surface area (Å²) >= 11 is 0. The predicted octanol–water partition coefficient (Wildman–Crippen LogP) is -2.38. The molecule has 0 saturated carbocycles. The molecule has 0 atom stereocenters. The first-order chi connectivity index (χ1) is 1.00. The summed E-state index contributed by atoms with van der Waals surface area (Å²) in [6.07, 6.45) is 0. The second kappa shape index (κ2) is 61.7. The Kier molecular flexibility index (Phi) is 443. The largest absolute Gasteiger partial charge is 1.00 e. The van der Waals surface area contributed by atoms with Crippen molar-refractivity contribution in [3.8, 4) is 0 Å². The van der Waals surface area contributed by atoms with Gasteiger partial charge >= 0.3 is 63.8 Å². The van der Waals surface area contributed by atoms with Crippen LogP contribution in [0.4, 0.5) is 0 Å². The summed E-state index contributed by atoms with van der Waals surface area (Å²) in [5.74, 6) is 0. The normalized spacial score (nSPS) is 0.500. The van der Waals surface area contributed by atoms with Crippen molar-refractivity contribution in [2.45, 2.75) is 0 Å². The average molecular weight is 157 g/mol. The fourth-order valence-corrected chi connectivity index (χ4v) is 0. The van der Waals surface area contributed by atoms with E-state index < -0.39 is 0 Å². The Bertz CT molecular complexity index is 17.7. The van der Waals surface area contributed by atoms with E-state index >= 15 is 0 Å². The van der Waals surface area contributed by atoms with E-state index in [1.54, 1.807) is 0 Å².